The molecule has 6 heteroatoms. The van der Waals surface area contributed by atoms with Gasteiger partial charge in [-0.1, -0.05) is 18.2 Å². The molecule has 0 heterocycles. The van der Waals surface area contributed by atoms with Crippen molar-refractivity contribution in [2.45, 2.75) is 37.3 Å². The number of alkyl halides is 3. The van der Waals surface area contributed by atoms with E-state index < -0.39 is 11.7 Å². The molecule has 2 rings (SSSR count). The van der Waals surface area contributed by atoms with Crippen molar-refractivity contribution in [3.8, 4) is 0 Å². The van der Waals surface area contributed by atoms with Gasteiger partial charge < -0.3 is 10.6 Å². The van der Waals surface area contributed by atoms with Crippen LogP contribution in [-0.2, 0) is 16.4 Å². The van der Waals surface area contributed by atoms with Crippen LogP contribution in [0.15, 0.2) is 24.3 Å². The zero-order chi connectivity index (χ0) is 16.2. The second-order valence-electron chi connectivity index (χ2n) is 5.84. The van der Waals surface area contributed by atoms with Gasteiger partial charge in [-0.3, -0.25) is 4.79 Å². The van der Waals surface area contributed by atoms with E-state index in [2.05, 4.69) is 10.6 Å². The van der Waals surface area contributed by atoms with E-state index in [1.54, 1.807) is 6.07 Å². The molecule has 0 spiro atoms. The fraction of sp³-hybridized carbons (Fsp3) is 0.562. The lowest BCUT2D eigenvalue weighted by molar-refractivity contribution is -0.137. The van der Waals surface area contributed by atoms with Gasteiger partial charge >= 0.3 is 6.18 Å². The first-order valence-corrected chi connectivity index (χ1v) is 7.46. The SMILES string of the molecule is CNCCCC(=O)NCC1(c2cccc(C(F)(F)F)c2)CC1. The highest BCUT2D eigenvalue weighted by Gasteiger charge is 2.45. The highest BCUT2D eigenvalue weighted by Crippen LogP contribution is 2.48. The van der Waals surface area contributed by atoms with Gasteiger partial charge in [0.25, 0.3) is 0 Å². The average molecular weight is 314 g/mol. The number of amides is 1. The summed E-state index contributed by atoms with van der Waals surface area (Å²) in [5, 5.41) is 5.82. The summed E-state index contributed by atoms with van der Waals surface area (Å²) in [4.78, 5) is 11.7. The minimum atomic E-state index is -4.33. The third-order valence-electron chi connectivity index (χ3n) is 4.11. The van der Waals surface area contributed by atoms with Gasteiger partial charge in [0, 0.05) is 18.4 Å². The minimum absolute atomic E-state index is 0.0477. The van der Waals surface area contributed by atoms with Crippen LogP contribution in [0.4, 0.5) is 13.2 Å². The van der Waals surface area contributed by atoms with E-state index in [4.69, 9.17) is 0 Å². The Hall–Kier alpha value is -1.56. The van der Waals surface area contributed by atoms with Crippen LogP contribution in [0.25, 0.3) is 0 Å². The number of carbonyl (C=O) groups is 1. The molecule has 122 valence electrons. The summed E-state index contributed by atoms with van der Waals surface area (Å²) < 4.78 is 38.4. The molecule has 0 unspecified atom stereocenters. The fourth-order valence-electron chi connectivity index (χ4n) is 2.53. The maximum Gasteiger partial charge on any atom is 0.416 e. The number of nitrogens with one attached hydrogen (secondary N) is 2. The van der Waals surface area contributed by atoms with Crippen LogP contribution in [0.2, 0.25) is 0 Å². The van der Waals surface area contributed by atoms with E-state index in [9.17, 15) is 18.0 Å². The lowest BCUT2D eigenvalue weighted by atomic mass is 9.94. The molecule has 2 N–H and O–H groups in total. The van der Waals surface area contributed by atoms with E-state index >= 15 is 0 Å². The van der Waals surface area contributed by atoms with E-state index in [-0.39, 0.29) is 11.3 Å². The van der Waals surface area contributed by atoms with Crippen LogP contribution in [-0.4, -0.2) is 26.0 Å². The second-order valence-corrected chi connectivity index (χ2v) is 5.84. The maximum atomic E-state index is 12.8. The first-order valence-electron chi connectivity index (χ1n) is 7.46. The van der Waals surface area contributed by atoms with E-state index in [1.807, 2.05) is 7.05 Å². The third kappa shape index (κ3) is 4.22. The molecule has 0 radical (unpaired) electrons. The summed E-state index contributed by atoms with van der Waals surface area (Å²) in [6.07, 6.45) is -1.53. The van der Waals surface area contributed by atoms with Crippen molar-refractivity contribution in [3.05, 3.63) is 35.4 Å². The molecular formula is C16H21F3N2O. The Balaban J connectivity index is 1.95. The van der Waals surface area contributed by atoms with Crippen molar-refractivity contribution in [1.82, 2.24) is 10.6 Å². The van der Waals surface area contributed by atoms with Crippen LogP contribution in [0.5, 0.6) is 0 Å². The van der Waals surface area contributed by atoms with Crippen molar-refractivity contribution in [2.24, 2.45) is 0 Å². The van der Waals surface area contributed by atoms with Gasteiger partial charge in [0.05, 0.1) is 5.56 Å². The first-order chi connectivity index (χ1) is 10.4. The number of hydrogen-bond donors (Lipinski definition) is 2. The molecule has 1 amide bonds. The molecule has 0 aromatic heterocycles. The molecular weight excluding hydrogens is 293 g/mol. The summed E-state index contributed by atoms with van der Waals surface area (Å²) >= 11 is 0. The van der Waals surface area contributed by atoms with Gasteiger partial charge in [0.1, 0.15) is 0 Å². The molecule has 0 saturated heterocycles. The van der Waals surface area contributed by atoms with Gasteiger partial charge in [0.15, 0.2) is 0 Å². The fourth-order valence-corrected chi connectivity index (χ4v) is 2.53. The van der Waals surface area contributed by atoms with Crippen LogP contribution in [0.1, 0.15) is 36.8 Å². The molecule has 22 heavy (non-hydrogen) atoms. The van der Waals surface area contributed by atoms with Gasteiger partial charge in [0.2, 0.25) is 5.91 Å². The highest BCUT2D eigenvalue weighted by molar-refractivity contribution is 5.76. The first kappa shape index (κ1) is 16.8. The third-order valence-corrected chi connectivity index (χ3v) is 4.11. The molecule has 3 nitrogen and oxygen atoms in total. The zero-order valence-electron chi connectivity index (χ0n) is 12.6. The maximum absolute atomic E-state index is 12.8. The van der Waals surface area contributed by atoms with Gasteiger partial charge in [-0.05, 0) is 44.5 Å². The number of halogens is 3. The predicted octanol–water partition coefficient (Wildman–Crippen LogP) is 2.85. The number of carbonyl (C=O) groups excluding carboxylic acids is 1. The average Bonchev–Trinajstić information content (AvgIpc) is 3.26. The highest BCUT2D eigenvalue weighted by atomic mass is 19.4. The molecule has 0 atom stereocenters. The second kappa shape index (κ2) is 6.69. The van der Waals surface area contributed by atoms with Gasteiger partial charge in [-0.15, -0.1) is 0 Å². The van der Waals surface area contributed by atoms with Crippen molar-refractivity contribution in [2.75, 3.05) is 20.1 Å². The largest absolute Gasteiger partial charge is 0.416 e. The summed E-state index contributed by atoms with van der Waals surface area (Å²) in [5.74, 6) is -0.0477. The molecule has 1 fully saturated rings. The van der Waals surface area contributed by atoms with Crippen molar-refractivity contribution >= 4 is 5.91 Å². The molecule has 1 aromatic rings. The van der Waals surface area contributed by atoms with E-state index in [0.717, 1.165) is 31.9 Å². The Labute approximate surface area is 128 Å². The van der Waals surface area contributed by atoms with E-state index in [0.29, 0.717) is 18.5 Å². The number of hydrogen-bond acceptors (Lipinski definition) is 2. The predicted molar refractivity (Wildman–Crippen MR) is 78.5 cm³/mol. The standard InChI is InChI=1S/C16H21F3N2O/c1-20-9-3-6-14(22)21-11-15(7-8-15)12-4-2-5-13(10-12)16(17,18)19/h2,4-5,10,20H,3,6-9,11H2,1H3,(H,21,22). The Morgan fingerprint density at radius 2 is 2.05 bits per heavy atom. The van der Waals surface area contributed by atoms with Crippen molar-refractivity contribution < 1.29 is 18.0 Å². The summed E-state index contributed by atoms with van der Waals surface area (Å²) in [6.45, 7) is 1.18. The van der Waals surface area contributed by atoms with Crippen molar-refractivity contribution in [1.29, 1.82) is 0 Å². The van der Waals surface area contributed by atoms with Crippen molar-refractivity contribution in [3.63, 3.8) is 0 Å². The summed E-state index contributed by atoms with van der Waals surface area (Å²) in [6, 6.07) is 5.44. The van der Waals surface area contributed by atoms with Crippen LogP contribution >= 0.6 is 0 Å². The Morgan fingerprint density at radius 1 is 1.32 bits per heavy atom. The smallest absolute Gasteiger partial charge is 0.355 e. The Kier molecular flexibility index (Phi) is 5.11. The molecule has 1 aromatic carbocycles. The number of rotatable bonds is 7. The Bertz CT molecular complexity index is 524. The van der Waals surface area contributed by atoms with Gasteiger partial charge in [-0.2, -0.15) is 13.2 Å². The lowest BCUT2D eigenvalue weighted by Crippen LogP contribution is -2.32. The lowest BCUT2D eigenvalue weighted by Gasteiger charge is -2.18. The van der Waals surface area contributed by atoms with Crippen LogP contribution in [0.3, 0.4) is 0 Å². The zero-order valence-corrected chi connectivity index (χ0v) is 12.6. The molecule has 1 aliphatic rings. The van der Waals surface area contributed by atoms with Crippen LogP contribution in [0, 0.1) is 0 Å². The van der Waals surface area contributed by atoms with E-state index in [1.165, 1.54) is 12.1 Å². The number of benzene rings is 1. The minimum Gasteiger partial charge on any atom is -0.355 e. The topological polar surface area (TPSA) is 41.1 Å². The summed E-state index contributed by atoms with van der Waals surface area (Å²) in [7, 11) is 1.82. The molecule has 1 aliphatic carbocycles. The Morgan fingerprint density at radius 3 is 2.64 bits per heavy atom. The monoisotopic (exact) mass is 314 g/mol. The molecule has 0 bridgehead atoms. The molecule has 1 saturated carbocycles. The molecule has 0 aliphatic heterocycles. The van der Waals surface area contributed by atoms with Gasteiger partial charge in [-0.25, -0.2) is 0 Å². The normalized spacial score (nSPS) is 16.4. The van der Waals surface area contributed by atoms with Crippen LogP contribution < -0.4 is 10.6 Å². The quantitative estimate of drug-likeness (QED) is 0.760. The summed E-state index contributed by atoms with van der Waals surface area (Å²) in [5.41, 5.74) is -0.283.